The summed E-state index contributed by atoms with van der Waals surface area (Å²) >= 11 is 13.8. The minimum Gasteiger partial charge on any atom is -0.490 e. The largest absolute Gasteiger partial charge is 0.490 e. The standard InChI is InChI=1S/C20H16Cl2N4O3S/c1-2-28-16-5-3-4-6-17(16)29-10-18(27)23-19-24-20-26(25-19)15(11-30-20)13-9-12(21)7-8-14(13)22/h3-9,11H,2,10H2,1H3,(H,23,25,27). The second-order valence-corrected chi connectivity index (χ2v) is 7.77. The van der Waals surface area contributed by atoms with Gasteiger partial charge in [-0.05, 0) is 37.3 Å². The van der Waals surface area contributed by atoms with Gasteiger partial charge in [0.25, 0.3) is 11.9 Å². The number of nitrogens with one attached hydrogen (secondary N) is 1. The molecule has 1 amide bonds. The van der Waals surface area contributed by atoms with Crippen LogP contribution in [-0.4, -0.2) is 33.7 Å². The van der Waals surface area contributed by atoms with Gasteiger partial charge >= 0.3 is 0 Å². The highest BCUT2D eigenvalue weighted by atomic mass is 35.5. The molecule has 4 aromatic rings. The van der Waals surface area contributed by atoms with Crippen molar-refractivity contribution in [3.05, 3.63) is 57.9 Å². The number of para-hydroxylation sites is 2. The average Bonchev–Trinajstić information content (AvgIpc) is 3.29. The number of rotatable bonds is 7. The molecule has 7 nitrogen and oxygen atoms in total. The fourth-order valence-electron chi connectivity index (χ4n) is 2.76. The van der Waals surface area contributed by atoms with Crippen LogP contribution in [0.5, 0.6) is 11.5 Å². The first-order valence-electron chi connectivity index (χ1n) is 8.99. The molecule has 2 aromatic carbocycles. The molecule has 154 valence electrons. The van der Waals surface area contributed by atoms with Crippen molar-refractivity contribution < 1.29 is 14.3 Å². The van der Waals surface area contributed by atoms with Gasteiger partial charge in [0.1, 0.15) is 0 Å². The summed E-state index contributed by atoms with van der Waals surface area (Å²) in [6.45, 7) is 2.18. The van der Waals surface area contributed by atoms with E-state index in [1.165, 1.54) is 11.3 Å². The van der Waals surface area contributed by atoms with Crippen LogP contribution in [-0.2, 0) is 4.79 Å². The van der Waals surface area contributed by atoms with Crippen molar-refractivity contribution in [2.75, 3.05) is 18.5 Å². The van der Waals surface area contributed by atoms with Crippen LogP contribution in [0.4, 0.5) is 5.95 Å². The van der Waals surface area contributed by atoms with E-state index in [0.717, 1.165) is 11.3 Å². The van der Waals surface area contributed by atoms with Crippen LogP contribution >= 0.6 is 34.5 Å². The van der Waals surface area contributed by atoms with Gasteiger partial charge in [-0.2, -0.15) is 4.98 Å². The van der Waals surface area contributed by atoms with Gasteiger partial charge in [-0.3, -0.25) is 10.1 Å². The second kappa shape index (κ2) is 8.91. The molecule has 0 fully saturated rings. The highest BCUT2D eigenvalue weighted by molar-refractivity contribution is 7.15. The molecule has 0 aliphatic heterocycles. The number of ether oxygens (including phenoxy) is 2. The third-order valence-electron chi connectivity index (χ3n) is 4.04. The lowest BCUT2D eigenvalue weighted by Crippen LogP contribution is -2.21. The van der Waals surface area contributed by atoms with Crippen LogP contribution in [0.3, 0.4) is 0 Å². The second-order valence-electron chi connectivity index (χ2n) is 6.09. The molecule has 0 spiro atoms. The third-order valence-corrected chi connectivity index (χ3v) is 5.43. The first-order valence-corrected chi connectivity index (χ1v) is 10.6. The van der Waals surface area contributed by atoms with E-state index in [4.69, 9.17) is 32.7 Å². The Labute approximate surface area is 186 Å². The summed E-state index contributed by atoms with van der Waals surface area (Å²) in [4.78, 5) is 17.3. The number of carbonyl (C=O) groups excluding carboxylic acids is 1. The predicted molar refractivity (Wildman–Crippen MR) is 118 cm³/mol. The molecule has 0 saturated carbocycles. The number of benzene rings is 2. The fourth-order valence-corrected chi connectivity index (χ4v) is 3.97. The van der Waals surface area contributed by atoms with Gasteiger partial charge in [-0.1, -0.05) is 35.3 Å². The van der Waals surface area contributed by atoms with E-state index in [-0.39, 0.29) is 18.5 Å². The molecule has 4 rings (SSSR count). The normalized spacial score (nSPS) is 10.9. The molecule has 0 unspecified atom stereocenters. The number of carbonyl (C=O) groups is 1. The minimum atomic E-state index is -0.387. The zero-order valence-corrected chi connectivity index (χ0v) is 18.1. The maximum Gasteiger partial charge on any atom is 0.264 e. The Hall–Kier alpha value is -2.81. The lowest BCUT2D eigenvalue weighted by molar-refractivity contribution is -0.118. The smallest absolute Gasteiger partial charge is 0.264 e. The van der Waals surface area contributed by atoms with Gasteiger partial charge in [0, 0.05) is 16.0 Å². The van der Waals surface area contributed by atoms with Crippen molar-refractivity contribution in [3.63, 3.8) is 0 Å². The van der Waals surface area contributed by atoms with Crippen molar-refractivity contribution in [3.8, 4) is 22.8 Å². The number of amides is 1. The molecule has 2 aromatic heterocycles. The summed E-state index contributed by atoms with van der Waals surface area (Å²) in [5.74, 6) is 0.859. The van der Waals surface area contributed by atoms with Crippen LogP contribution in [0.25, 0.3) is 16.2 Å². The van der Waals surface area contributed by atoms with E-state index in [1.807, 2.05) is 24.4 Å². The maximum atomic E-state index is 12.3. The summed E-state index contributed by atoms with van der Waals surface area (Å²) in [6.07, 6.45) is 0. The highest BCUT2D eigenvalue weighted by Crippen LogP contribution is 2.33. The van der Waals surface area contributed by atoms with Gasteiger partial charge in [-0.25, -0.2) is 4.52 Å². The Balaban J connectivity index is 1.48. The number of fused-ring (bicyclic) bond motifs is 1. The maximum absolute atomic E-state index is 12.3. The Morgan fingerprint density at radius 2 is 1.93 bits per heavy atom. The predicted octanol–water partition coefficient (Wildman–Crippen LogP) is 5.18. The van der Waals surface area contributed by atoms with Crippen LogP contribution in [0.15, 0.2) is 47.8 Å². The number of nitrogens with zero attached hydrogens (tertiary/aromatic N) is 3. The molecule has 10 heteroatoms. The average molecular weight is 463 g/mol. The first-order chi connectivity index (χ1) is 14.5. The van der Waals surface area contributed by atoms with E-state index in [2.05, 4.69) is 15.4 Å². The quantitative estimate of drug-likeness (QED) is 0.409. The number of hydrogen-bond acceptors (Lipinski definition) is 6. The fraction of sp³-hybridized carbons (Fsp3) is 0.150. The van der Waals surface area contributed by atoms with Gasteiger partial charge < -0.3 is 9.47 Å². The van der Waals surface area contributed by atoms with Gasteiger partial charge in [0.15, 0.2) is 18.1 Å². The summed E-state index contributed by atoms with van der Waals surface area (Å²) in [6, 6.07) is 12.4. The molecule has 0 aliphatic carbocycles. The lowest BCUT2D eigenvalue weighted by Gasteiger charge is -2.10. The zero-order valence-electron chi connectivity index (χ0n) is 15.8. The number of aromatic nitrogens is 3. The van der Waals surface area contributed by atoms with Crippen molar-refractivity contribution in [2.24, 2.45) is 0 Å². The Morgan fingerprint density at radius 1 is 1.17 bits per heavy atom. The molecule has 1 N–H and O–H groups in total. The van der Waals surface area contributed by atoms with Crippen molar-refractivity contribution in [2.45, 2.75) is 6.92 Å². The Morgan fingerprint density at radius 3 is 2.70 bits per heavy atom. The highest BCUT2D eigenvalue weighted by Gasteiger charge is 2.16. The molecule has 0 radical (unpaired) electrons. The minimum absolute atomic E-state index is 0.174. The van der Waals surface area contributed by atoms with Crippen LogP contribution in [0.1, 0.15) is 6.92 Å². The number of anilines is 1. The van der Waals surface area contributed by atoms with Gasteiger partial charge in [0.05, 0.1) is 17.3 Å². The molecule has 2 heterocycles. The number of hydrogen-bond donors (Lipinski definition) is 1. The van der Waals surface area contributed by atoms with Gasteiger partial charge in [-0.15, -0.1) is 16.4 Å². The van der Waals surface area contributed by atoms with Crippen molar-refractivity contribution in [1.82, 2.24) is 14.6 Å². The summed E-state index contributed by atoms with van der Waals surface area (Å²) < 4.78 is 12.7. The molecule has 0 atom stereocenters. The lowest BCUT2D eigenvalue weighted by atomic mass is 10.2. The van der Waals surface area contributed by atoms with Gasteiger partial charge in [0.2, 0.25) is 4.96 Å². The van der Waals surface area contributed by atoms with E-state index in [9.17, 15) is 4.79 Å². The zero-order chi connectivity index (χ0) is 21.1. The van der Waals surface area contributed by atoms with E-state index in [0.29, 0.717) is 33.1 Å². The summed E-state index contributed by atoms with van der Waals surface area (Å²) in [5, 5.41) is 9.99. The van der Waals surface area contributed by atoms with E-state index < -0.39 is 0 Å². The Kier molecular flexibility index (Phi) is 6.08. The SMILES string of the molecule is CCOc1ccccc1OCC(=O)Nc1nc2scc(-c3cc(Cl)ccc3Cl)n2n1. The molecule has 0 saturated heterocycles. The molecular weight excluding hydrogens is 447 g/mol. The summed E-state index contributed by atoms with van der Waals surface area (Å²) in [7, 11) is 0. The van der Waals surface area contributed by atoms with Crippen molar-refractivity contribution in [1.29, 1.82) is 0 Å². The van der Waals surface area contributed by atoms with Crippen LogP contribution in [0.2, 0.25) is 10.0 Å². The number of halogens is 2. The molecule has 0 bridgehead atoms. The Bertz CT molecular complexity index is 1210. The van der Waals surface area contributed by atoms with Crippen LogP contribution < -0.4 is 14.8 Å². The third kappa shape index (κ3) is 4.35. The summed E-state index contributed by atoms with van der Waals surface area (Å²) in [5.41, 5.74) is 1.46. The monoisotopic (exact) mass is 462 g/mol. The van der Waals surface area contributed by atoms with Crippen molar-refractivity contribution >= 4 is 51.4 Å². The molecule has 0 aliphatic rings. The topological polar surface area (TPSA) is 77.8 Å². The number of thiazole rings is 1. The molecule has 30 heavy (non-hydrogen) atoms. The van der Waals surface area contributed by atoms with E-state index >= 15 is 0 Å². The first kappa shape index (κ1) is 20.5. The van der Waals surface area contributed by atoms with E-state index in [1.54, 1.807) is 34.8 Å². The molecular formula is C20H16Cl2N4O3S. The van der Waals surface area contributed by atoms with Crippen LogP contribution in [0, 0.1) is 0 Å².